The molecule has 0 radical (unpaired) electrons. The number of rotatable bonds is 23. The molecule has 2 nitrogen and oxygen atoms in total. The highest BCUT2D eigenvalue weighted by Crippen LogP contribution is 2.39. The van der Waals surface area contributed by atoms with E-state index < -0.39 is 18.5 Å². The molecule has 0 bridgehead atoms. The third kappa shape index (κ3) is 16.5. The first-order valence-corrected chi connectivity index (χ1v) is 13.9. The van der Waals surface area contributed by atoms with Gasteiger partial charge >= 0.3 is 12.1 Å². The Kier molecular flexibility index (Phi) is 18.1. The van der Waals surface area contributed by atoms with Crippen molar-refractivity contribution in [2.24, 2.45) is 0 Å². The van der Waals surface area contributed by atoms with Crippen LogP contribution in [-0.4, -0.2) is 31.4 Å². The zero-order chi connectivity index (χ0) is 26.5. The summed E-state index contributed by atoms with van der Waals surface area (Å²) in [5.41, 5.74) is 1.18. The fourth-order valence-corrected chi connectivity index (χ4v) is 4.10. The topological polar surface area (TPSA) is 18.5 Å². The van der Waals surface area contributed by atoms with Gasteiger partial charge in [0.1, 0.15) is 0 Å². The number of alkyl halides is 5. The van der Waals surface area contributed by atoms with E-state index >= 15 is 0 Å². The smallest absolute Gasteiger partial charge is 0.379 e. The molecule has 0 amide bonds. The van der Waals surface area contributed by atoms with E-state index in [2.05, 4.69) is 19.1 Å². The van der Waals surface area contributed by atoms with Crippen LogP contribution in [0, 0.1) is 0 Å². The maximum Gasteiger partial charge on any atom is 0.453 e. The molecular weight excluding hydrogens is 475 g/mol. The van der Waals surface area contributed by atoms with Crippen molar-refractivity contribution in [3.63, 3.8) is 0 Å². The number of benzene rings is 1. The van der Waals surface area contributed by atoms with Gasteiger partial charge in [0.2, 0.25) is 0 Å². The first-order chi connectivity index (χ1) is 17.3. The molecule has 1 unspecified atom stereocenters. The van der Waals surface area contributed by atoms with Gasteiger partial charge in [0.25, 0.3) is 0 Å². The molecule has 0 aromatic heterocycles. The van der Waals surface area contributed by atoms with Crippen LogP contribution in [0.4, 0.5) is 22.0 Å². The Morgan fingerprint density at radius 1 is 0.667 bits per heavy atom. The van der Waals surface area contributed by atoms with E-state index in [0.717, 1.165) is 45.1 Å². The monoisotopic (exact) mass is 522 g/mol. The lowest BCUT2D eigenvalue weighted by Crippen LogP contribution is -2.36. The summed E-state index contributed by atoms with van der Waals surface area (Å²) in [6.45, 7) is 4.19. The minimum atomic E-state index is -5.42. The maximum atomic E-state index is 12.8. The molecule has 0 aliphatic rings. The van der Waals surface area contributed by atoms with Crippen molar-refractivity contribution in [3.8, 4) is 0 Å². The van der Waals surface area contributed by atoms with E-state index in [0.29, 0.717) is 19.6 Å². The number of ether oxygens (including phenoxy) is 2. The largest absolute Gasteiger partial charge is 0.453 e. The molecule has 0 spiro atoms. The molecule has 1 rings (SSSR count). The molecule has 0 fully saturated rings. The summed E-state index contributed by atoms with van der Waals surface area (Å²) in [5, 5.41) is 0. The van der Waals surface area contributed by atoms with Crippen LogP contribution in [0.15, 0.2) is 30.3 Å². The van der Waals surface area contributed by atoms with Crippen molar-refractivity contribution >= 4 is 0 Å². The number of unbranched alkanes of at least 4 members (excludes halogenated alkanes) is 13. The van der Waals surface area contributed by atoms with Gasteiger partial charge in [-0.1, -0.05) is 114 Å². The van der Waals surface area contributed by atoms with E-state index in [1.807, 2.05) is 18.2 Å². The summed E-state index contributed by atoms with van der Waals surface area (Å²) in [4.78, 5) is 0. The Morgan fingerprint density at radius 3 is 1.61 bits per heavy atom. The molecule has 36 heavy (non-hydrogen) atoms. The summed E-state index contributed by atoms with van der Waals surface area (Å²) in [6.07, 6.45) is 8.38. The van der Waals surface area contributed by atoms with Gasteiger partial charge in [-0.05, 0) is 24.8 Å². The van der Waals surface area contributed by atoms with Gasteiger partial charge in [-0.15, -0.1) is 0 Å². The lowest BCUT2D eigenvalue weighted by atomic mass is 10.0. The second kappa shape index (κ2) is 19.8. The second-order valence-electron chi connectivity index (χ2n) is 9.80. The zero-order valence-electron chi connectivity index (χ0n) is 22.1. The van der Waals surface area contributed by atoms with Gasteiger partial charge in [0, 0.05) is 13.0 Å². The zero-order valence-corrected chi connectivity index (χ0v) is 22.1. The Hall–Kier alpha value is -1.21. The summed E-state index contributed by atoms with van der Waals surface area (Å²) in [5.74, 6) is -4.54. The van der Waals surface area contributed by atoms with Crippen LogP contribution < -0.4 is 0 Å². The summed E-state index contributed by atoms with van der Waals surface area (Å²) in [6, 6.07) is 10.2. The first kappa shape index (κ1) is 32.8. The minimum Gasteiger partial charge on any atom is -0.379 e. The molecule has 1 aromatic rings. The van der Waals surface area contributed by atoms with Crippen molar-refractivity contribution in [2.75, 3.05) is 13.2 Å². The third-order valence-corrected chi connectivity index (χ3v) is 6.53. The normalized spacial score (nSPS) is 13.3. The van der Waals surface area contributed by atoms with E-state index in [1.54, 1.807) is 0 Å². The van der Waals surface area contributed by atoms with Crippen molar-refractivity contribution < 1.29 is 31.4 Å². The Bertz CT molecular complexity index is 622. The van der Waals surface area contributed by atoms with E-state index in [9.17, 15) is 22.0 Å². The molecule has 1 aromatic carbocycles. The number of hydrogen-bond donors (Lipinski definition) is 0. The van der Waals surface area contributed by atoms with Crippen LogP contribution in [0.5, 0.6) is 0 Å². The molecule has 0 aliphatic carbocycles. The van der Waals surface area contributed by atoms with Crippen molar-refractivity contribution in [2.45, 2.75) is 134 Å². The Labute approximate surface area is 215 Å². The summed E-state index contributed by atoms with van der Waals surface area (Å²) in [7, 11) is 0. The molecule has 1 atom stereocenters. The highest BCUT2D eigenvalue weighted by atomic mass is 19.4. The van der Waals surface area contributed by atoms with E-state index in [1.165, 1.54) is 50.5 Å². The molecular formula is C29H47F5O2. The van der Waals surface area contributed by atoms with Gasteiger partial charge in [0.05, 0.1) is 19.3 Å². The maximum absolute atomic E-state index is 12.8. The van der Waals surface area contributed by atoms with Crippen LogP contribution in [0.3, 0.4) is 0 Å². The summed E-state index contributed by atoms with van der Waals surface area (Å²) >= 11 is 0. The standard InChI is InChI=1S/C29H47F5O2/c1-2-27(36-24-26-20-16-15-17-21-26)25-35-23-19-14-12-10-8-6-4-3-5-7-9-11-13-18-22-28(30,31)29(32,33)34/h15-17,20-21,27H,2-14,18-19,22-25H2,1H3. The molecule has 0 saturated heterocycles. The molecule has 0 heterocycles. The SMILES string of the molecule is CCC(COCCCCCCCCCCCCCCCCC(F)(F)C(F)(F)F)OCc1ccccc1. The highest BCUT2D eigenvalue weighted by molar-refractivity contribution is 5.13. The van der Waals surface area contributed by atoms with Gasteiger partial charge in [-0.25, -0.2) is 0 Å². The van der Waals surface area contributed by atoms with Gasteiger partial charge in [0.15, 0.2) is 0 Å². The highest BCUT2D eigenvalue weighted by Gasteiger charge is 2.56. The fraction of sp³-hybridized carbons (Fsp3) is 0.793. The fourth-order valence-electron chi connectivity index (χ4n) is 4.10. The van der Waals surface area contributed by atoms with Gasteiger partial charge in [-0.2, -0.15) is 22.0 Å². The molecule has 0 N–H and O–H groups in total. The lowest BCUT2D eigenvalue weighted by molar-refractivity contribution is -0.284. The second-order valence-corrected chi connectivity index (χ2v) is 9.80. The predicted octanol–water partition coefficient (Wildman–Crippen LogP) is 10.0. The quantitative estimate of drug-likeness (QED) is 0.105. The van der Waals surface area contributed by atoms with Gasteiger partial charge < -0.3 is 9.47 Å². The van der Waals surface area contributed by atoms with Crippen LogP contribution in [0.2, 0.25) is 0 Å². The van der Waals surface area contributed by atoms with Crippen LogP contribution in [0.1, 0.15) is 115 Å². The number of halogens is 5. The average molecular weight is 523 g/mol. The van der Waals surface area contributed by atoms with Crippen LogP contribution in [0.25, 0.3) is 0 Å². The van der Waals surface area contributed by atoms with Crippen molar-refractivity contribution in [1.82, 2.24) is 0 Å². The van der Waals surface area contributed by atoms with Crippen molar-refractivity contribution in [3.05, 3.63) is 35.9 Å². The predicted molar refractivity (Wildman–Crippen MR) is 136 cm³/mol. The number of hydrogen-bond acceptors (Lipinski definition) is 2. The van der Waals surface area contributed by atoms with Crippen LogP contribution >= 0.6 is 0 Å². The molecule has 210 valence electrons. The average Bonchev–Trinajstić information content (AvgIpc) is 2.85. The molecule has 7 heteroatoms. The van der Waals surface area contributed by atoms with Gasteiger partial charge in [-0.3, -0.25) is 0 Å². The Balaban J connectivity index is 1.80. The molecule has 0 aliphatic heterocycles. The molecule has 0 saturated carbocycles. The van der Waals surface area contributed by atoms with E-state index in [4.69, 9.17) is 9.47 Å². The summed E-state index contributed by atoms with van der Waals surface area (Å²) < 4.78 is 73.6. The van der Waals surface area contributed by atoms with E-state index in [-0.39, 0.29) is 12.5 Å². The first-order valence-electron chi connectivity index (χ1n) is 13.9. The van der Waals surface area contributed by atoms with Crippen molar-refractivity contribution in [1.29, 1.82) is 0 Å². The van der Waals surface area contributed by atoms with Crippen LogP contribution in [-0.2, 0) is 16.1 Å². The third-order valence-electron chi connectivity index (χ3n) is 6.53. The Morgan fingerprint density at radius 2 is 1.14 bits per heavy atom. The minimum absolute atomic E-state index is 0.0684. The lowest BCUT2D eigenvalue weighted by Gasteiger charge is -2.19.